The topological polar surface area (TPSA) is 695 Å². The van der Waals surface area contributed by atoms with E-state index in [-0.39, 0.29) is 16.2 Å². The summed E-state index contributed by atoms with van der Waals surface area (Å²) in [6, 6.07) is -0.597. The van der Waals surface area contributed by atoms with Crippen molar-refractivity contribution in [3.8, 4) is 0 Å². The van der Waals surface area contributed by atoms with Crippen molar-refractivity contribution in [3.05, 3.63) is 136 Å². The predicted molar refractivity (Wildman–Crippen MR) is 411 cm³/mol. The zero-order valence-corrected chi connectivity index (χ0v) is 65.8. The lowest BCUT2D eigenvalue weighted by molar-refractivity contribution is -0.850. The summed E-state index contributed by atoms with van der Waals surface area (Å²) in [5.74, 6) is -21.8. The van der Waals surface area contributed by atoms with Gasteiger partial charge < -0.3 is 141 Å². The summed E-state index contributed by atoms with van der Waals surface area (Å²) in [4.78, 5) is 215. The molecule has 0 aliphatic carbocycles. The van der Waals surface area contributed by atoms with Crippen molar-refractivity contribution in [1.29, 1.82) is 0 Å². The lowest BCUT2D eigenvalue weighted by Crippen LogP contribution is -3.09. The molecule has 119 heavy (non-hydrogen) atoms. The van der Waals surface area contributed by atoms with Crippen LogP contribution in [0.15, 0.2) is 119 Å². The number of quaternary nitrogens is 1. The van der Waals surface area contributed by atoms with Gasteiger partial charge >= 0.3 is 0 Å². The molecule has 3 aromatic rings. The first-order valence-electron chi connectivity index (χ1n) is 37.5. The Kier molecular flexibility index (Phi) is 35.9. The normalized spacial score (nSPS) is 29.4. The molecule has 1 fully saturated rings. The molecule has 14 amide bonds. The van der Waals surface area contributed by atoms with E-state index in [1.165, 1.54) is 30.3 Å². The maximum absolute atomic E-state index is 15.4. The number of carbonyl (C=O) groups excluding carboxylic acids is 15. The summed E-state index contributed by atoms with van der Waals surface area (Å²) in [5, 5.41) is 152. The fraction of sp³-hybridized carbons (Fsp3) is 0.480. The molecule has 21 atom stereocenters. The van der Waals surface area contributed by atoms with E-state index >= 15 is 9.59 Å². The second-order valence-electron chi connectivity index (χ2n) is 28.7. The van der Waals surface area contributed by atoms with Gasteiger partial charge in [-0.25, -0.2) is 0 Å². The van der Waals surface area contributed by atoms with E-state index in [2.05, 4.69) is 69.1 Å². The number of ether oxygens (including phenoxy) is 1. The Labute approximate surface area is 687 Å². The predicted octanol–water partition coefficient (Wildman–Crippen LogP) is -13.3. The summed E-state index contributed by atoms with van der Waals surface area (Å²) >= 11 is 3.27. The van der Waals surface area contributed by atoms with Crippen molar-refractivity contribution in [3.63, 3.8) is 0 Å². The number of carbonyl (C=O) groups is 15. The van der Waals surface area contributed by atoms with Crippen LogP contribution in [0.25, 0.3) is 6.08 Å². The highest BCUT2D eigenvalue weighted by Gasteiger charge is 2.50. The average Bonchev–Trinajstić information content (AvgIpc) is 1.67. The third-order valence-corrected chi connectivity index (χ3v) is 20.0. The van der Waals surface area contributed by atoms with Crippen LogP contribution in [0.3, 0.4) is 0 Å². The summed E-state index contributed by atoms with van der Waals surface area (Å²) in [6.45, 7) is -3.83. The minimum absolute atomic E-state index is 0.166. The van der Waals surface area contributed by atoms with Crippen molar-refractivity contribution < 1.29 is 138 Å². The van der Waals surface area contributed by atoms with Gasteiger partial charge in [0.1, 0.15) is 91.6 Å². The highest BCUT2D eigenvalue weighted by atomic mass is 79.9. The molecule has 0 spiro atoms. The first-order valence-corrected chi connectivity index (χ1v) is 38.3. The summed E-state index contributed by atoms with van der Waals surface area (Å²) in [7, 11) is 0. The maximum atomic E-state index is 15.4. The quantitative estimate of drug-likeness (QED) is 0.0526. The van der Waals surface area contributed by atoms with Crippen LogP contribution in [0, 0.1) is 0 Å². The highest BCUT2D eigenvalue weighted by Crippen LogP contribution is 2.29. The molecule has 1 saturated heterocycles. The molecule has 4 aliphatic heterocycles. The van der Waals surface area contributed by atoms with Gasteiger partial charge in [0.25, 0.3) is 5.91 Å². The molecule has 3 aromatic carbocycles. The Morgan fingerprint density at radius 2 is 1.15 bits per heavy atom. The second-order valence-corrected chi connectivity index (χ2v) is 29.6. The molecule has 4 heterocycles. The molecule has 0 radical (unpaired) electrons. The van der Waals surface area contributed by atoms with Crippen molar-refractivity contribution in [2.24, 2.45) is 11.5 Å². The molecular formula is C75H99BrN16O27. The van der Waals surface area contributed by atoms with Crippen LogP contribution in [0.5, 0.6) is 0 Å². The largest absolute Gasteiger partial charge is 0.548 e. The number of amides is 14. The smallest absolute Gasteiger partial charge is 0.251 e. The van der Waals surface area contributed by atoms with Crippen LogP contribution in [0.4, 0.5) is 0 Å². The number of aliphatic hydroxyl groups is 10. The minimum Gasteiger partial charge on any atom is -0.548 e. The maximum Gasteiger partial charge on any atom is 0.251 e. The number of nitrogens with zero attached hydrogens (tertiary/aromatic N) is 1. The zero-order valence-electron chi connectivity index (χ0n) is 64.2. The van der Waals surface area contributed by atoms with E-state index in [1.807, 2.05) is 10.6 Å². The van der Waals surface area contributed by atoms with Crippen molar-refractivity contribution in [1.82, 2.24) is 68.7 Å². The van der Waals surface area contributed by atoms with Gasteiger partial charge in [-0.05, 0) is 55.5 Å². The molecule has 648 valence electrons. The second kappa shape index (κ2) is 45.1. The highest BCUT2D eigenvalue weighted by molar-refractivity contribution is 9.10. The molecule has 43 nitrogen and oxygen atoms in total. The Balaban J connectivity index is 1.42. The van der Waals surface area contributed by atoms with Crippen LogP contribution >= 0.6 is 15.9 Å². The number of rotatable bonds is 18. The van der Waals surface area contributed by atoms with Crippen LogP contribution < -0.4 is 85.3 Å². The third-order valence-electron chi connectivity index (χ3n) is 19.5. The number of allylic oxidation sites excluding steroid dienone is 2. The summed E-state index contributed by atoms with van der Waals surface area (Å²) in [6.07, 6.45) is -19.5. The molecule has 7 rings (SSSR count). The standard InChI is InChI=1S/C75H99BrN16O27/c1-35(16-17-37-10-5-3-6-11-37)22-51(97)43-27-56(101)81-49(31-93)69(112)87-48-30-91-29-41(92(34-91)74-62(105)61(104)59(102)53(33-95)119-74)25-46(66(109)89-57(36(2)96)72(115)88-50(32-94)70(113)84-45(65(108)83-43)23-38-12-7-4-8-13-38)80-55(100)15-9-14-42(75(117)118)82-71(114)52(98)28-79-64(107)44(24-39-18-20-40(76)21-19-39)86-73(116)58(60(103)63(78)106)90-67(110)47(26-54(77)99)85-68(48)111/h3-8,10-13,16-22,29,36,42-53,57-62,74,93-98,102-105H,9,14-15,23-28,30-34H2,1-2H3,(H2,77,99)(H2,78,106)(H,79,107)(H,80,100)(H,81,101)(H,82,114)(H,83,108)(H,84,113)(H,85,111)(H,86,116)(H,87,112)(H,88,115)(H,89,109)(H,90,110)(H,117,118)/b17-16+,35-22+/t36-,42-,43-,44-,45-,46?,47-,48?,49-,50-,51-,52-,53-,57-,58-,59+,60+,61+,62-,74-/m0/s1. The number of nitrogens with one attached hydrogen (secondary N) is 13. The van der Waals surface area contributed by atoms with Gasteiger partial charge in [-0.3, -0.25) is 76.9 Å². The van der Waals surface area contributed by atoms with Gasteiger partial charge in [0.15, 0.2) is 25.0 Å². The number of aliphatic hydroxyl groups excluding tert-OH is 10. The number of hydrogen-bond acceptors (Lipinski definition) is 28. The SMILES string of the molecule is CC(/C=C/c1ccccc1)=C\[C@H](O)[C@@H]1CC(=O)N[C@@H](CO)C(=O)NC2C[NH+]3C=C(CC(NC(=O)CCC[C@@H](C(=O)[O-])NC(=O)[C@@H](O)CNC(=O)[C@H](Cc4ccc(Br)cc4)NC(=O)[C@H]([C@@H](O)C(N)=O)NC(=O)[C@H](CC(N)=O)NC2=O)C(=O)N[C@@H]([C@H](C)O)C(=O)N[C@@H](CO)C(=O)N[C@@H](Cc2ccccc2)C(=O)N1)N([C@H]1O[C@@H](CO)[C@@H](O)[C@@H](O)[C@@H]1O)C3. The Morgan fingerprint density at radius 3 is 1.76 bits per heavy atom. The number of carboxylic acid groups (broad SMARTS) is 1. The Morgan fingerprint density at radius 1 is 0.597 bits per heavy atom. The number of fused-ring (bicyclic) bond motifs is 2. The van der Waals surface area contributed by atoms with Crippen LogP contribution in [-0.2, 0) is 89.5 Å². The molecule has 0 saturated carbocycles. The van der Waals surface area contributed by atoms with E-state index in [0.717, 1.165) is 18.0 Å². The molecule has 4 bridgehead atoms. The Hall–Kier alpha value is -11.3. The van der Waals surface area contributed by atoms with Gasteiger partial charge in [-0.2, -0.15) is 0 Å². The van der Waals surface area contributed by atoms with Gasteiger partial charge in [-0.1, -0.05) is 113 Å². The number of primary amides is 2. The molecule has 27 N–H and O–H groups in total. The number of nitrogens with two attached hydrogens (primary N) is 2. The van der Waals surface area contributed by atoms with Crippen LogP contribution in [0.1, 0.15) is 69.1 Å². The Bertz CT molecular complexity index is 4220. The van der Waals surface area contributed by atoms with E-state index in [0.29, 0.717) is 21.2 Å². The summed E-state index contributed by atoms with van der Waals surface area (Å²) in [5.41, 5.74) is 12.5. The first kappa shape index (κ1) is 94.9. The van der Waals surface area contributed by atoms with Crippen molar-refractivity contribution in [2.45, 2.75) is 187 Å². The van der Waals surface area contributed by atoms with E-state index in [9.17, 15) is 119 Å². The van der Waals surface area contributed by atoms with Crippen LogP contribution in [-0.4, -0.2) is 306 Å². The minimum atomic E-state index is -2.75. The van der Waals surface area contributed by atoms with Crippen molar-refractivity contribution >= 4 is 111 Å². The fourth-order valence-corrected chi connectivity index (χ4v) is 13.2. The molecule has 0 aromatic heterocycles. The van der Waals surface area contributed by atoms with E-state index in [1.54, 1.807) is 79.7 Å². The van der Waals surface area contributed by atoms with Gasteiger partial charge in [-0.15, -0.1) is 0 Å². The van der Waals surface area contributed by atoms with Gasteiger partial charge in [0.2, 0.25) is 76.8 Å². The number of hydrogen-bond donors (Lipinski definition) is 25. The molecule has 3 unspecified atom stereocenters. The number of carboxylic acids is 1. The third kappa shape index (κ3) is 27.9. The molecule has 44 heteroatoms. The van der Waals surface area contributed by atoms with E-state index < -0.39 is 301 Å². The fourth-order valence-electron chi connectivity index (χ4n) is 13.0. The number of halogens is 1. The average molecular weight is 1740 g/mol. The lowest BCUT2D eigenvalue weighted by atomic mass is 9.97. The van der Waals surface area contributed by atoms with Crippen molar-refractivity contribution in [2.75, 3.05) is 39.6 Å². The monoisotopic (exact) mass is 1730 g/mol. The number of benzene rings is 3. The first-order chi connectivity index (χ1) is 56.4. The van der Waals surface area contributed by atoms with Gasteiger partial charge in [0, 0.05) is 36.6 Å². The van der Waals surface area contributed by atoms with Gasteiger partial charge in [0.05, 0.1) is 68.7 Å². The molecule has 4 aliphatic rings. The van der Waals surface area contributed by atoms with Crippen LogP contribution in [0.2, 0.25) is 0 Å². The van der Waals surface area contributed by atoms with E-state index in [4.69, 9.17) is 16.2 Å². The number of β-amino-alcohol motifs (C(OH)–C–C–N with tert-alkyl or cyclic N) is 1. The molecular weight excluding hydrogens is 1640 g/mol. The lowest BCUT2D eigenvalue weighted by Gasteiger charge is -2.44. The number of aliphatic carboxylic acids is 1. The zero-order chi connectivity index (χ0) is 87.6. The summed E-state index contributed by atoms with van der Waals surface area (Å²) < 4.78 is 6.48.